The Hall–Kier alpha value is -3.12. The van der Waals surface area contributed by atoms with Crippen molar-refractivity contribution in [1.29, 1.82) is 0 Å². The van der Waals surface area contributed by atoms with Crippen LogP contribution in [0, 0.1) is 12.7 Å². The summed E-state index contributed by atoms with van der Waals surface area (Å²) in [4.78, 5) is 28.1. The molecule has 0 spiro atoms. The molecular weight excluding hydrogens is 447 g/mol. The van der Waals surface area contributed by atoms with Crippen molar-refractivity contribution in [3.63, 3.8) is 0 Å². The molecule has 6 heteroatoms. The van der Waals surface area contributed by atoms with E-state index in [0.29, 0.717) is 24.3 Å². The number of nitrogens with zero attached hydrogens (tertiary/aromatic N) is 1. The van der Waals surface area contributed by atoms with Gasteiger partial charge in [-0.3, -0.25) is 9.59 Å². The largest absolute Gasteiger partial charge is 0.355 e. The summed E-state index contributed by atoms with van der Waals surface area (Å²) >= 11 is 1.50. The van der Waals surface area contributed by atoms with Crippen LogP contribution in [0.25, 0.3) is 0 Å². The van der Waals surface area contributed by atoms with Crippen molar-refractivity contribution in [1.82, 2.24) is 10.2 Å². The van der Waals surface area contributed by atoms with Gasteiger partial charge in [-0.15, -0.1) is 11.8 Å². The van der Waals surface area contributed by atoms with E-state index in [-0.39, 0.29) is 29.9 Å². The minimum Gasteiger partial charge on any atom is -0.355 e. The third-order valence-corrected chi connectivity index (χ3v) is 6.52. The van der Waals surface area contributed by atoms with Crippen LogP contribution in [0.1, 0.15) is 29.2 Å². The van der Waals surface area contributed by atoms with E-state index in [0.717, 1.165) is 11.1 Å². The number of rotatable bonds is 11. The van der Waals surface area contributed by atoms with Crippen molar-refractivity contribution in [2.45, 2.75) is 38.6 Å². The molecule has 0 bridgehead atoms. The monoisotopic (exact) mass is 478 g/mol. The van der Waals surface area contributed by atoms with Crippen LogP contribution in [0.15, 0.2) is 78.9 Å². The van der Waals surface area contributed by atoms with Crippen LogP contribution in [0.4, 0.5) is 4.39 Å². The summed E-state index contributed by atoms with van der Waals surface area (Å²) in [5, 5.41) is 2.86. The molecule has 0 saturated carbocycles. The standard InChI is InChI=1S/C28H31FN2O2S/c1-3-30-28(33)26(17-22-9-5-4-6-10-22)31(18-24-11-7-8-12-25(24)29)27(32)20-34-19-23-15-13-21(2)14-16-23/h4-16,26H,3,17-20H2,1-2H3,(H,30,33)/t26-/m1/s1. The number of likely N-dealkylation sites (N-methyl/N-ethyl adjacent to an activating group) is 1. The average molecular weight is 479 g/mol. The number of benzene rings is 3. The number of hydrogen-bond donors (Lipinski definition) is 1. The molecule has 1 atom stereocenters. The van der Waals surface area contributed by atoms with Crippen molar-refractivity contribution in [2.24, 2.45) is 0 Å². The topological polar surface area (TPSA) is 49.4 Å². The maximum Gasteiger partial charge on any atom is 0.243 e. The lowest BCUT2D eigenvalue weighted by molar-refractivity contribution is -0.139. The van der Waals surface area contributed by atoms with Crippen molar-refractivity contribution in [3.8, 4) is 0 Å². The molecule has 0 aliphatic heterocycles. The Morgan fingerprint density at radius 2 is 1.62 bits per heavy atom. The molecule has 0 radical (unpaired) electrons. The molecule has 34 heavy (non-hydrogen) atoms. The molecule has 0 aromatic heterocycles. The zero-order valence-corrected chi connectivity index (χ0v) is 20.5. The first-order valence-electron chi connectivity index (χ1n) is 11.5. The van der Waals surface area contributed by atoms with Crippen LogP contribution in [-0.2, 0) is 28.3 Å². The maximum absolute atomic E-state index is 14.5. The Morgan fingerprint density at radius 1 is 0.941 bits per heavy atom. The van der Waals surface area contributed by atoms with E-state index in [1.165, 1.54) is 28.3 Å². The van der Waals surface area contributed by atoms with Crippen LogP contribution in [0.2, 0.25) is 0 Å². The average Bonchev–Trinajstić information content (AvgIpc) is 2.84. The Kier molecular flexibility index (Phi) is 9.71. The second-order valence-corrected chi connectivity index (χ2v) is 9.18. The molecule has 1 N–H and O–H groups in total. The van der Waals surface area contributed by atoms with Gasteiger partial charge in [0.1, 0.15) is 11.9 Å². The maximum atomic E-state index is 14.5. The smallest absolute Gasteiger partial charge is 0.243 e. The molecule has 0 unspecified atom stereocenters. The molecule has 0 aliphatic rings. The first kappa shape index (κ1) is 25.5. The summed E-state index contributed by atoms with van der Waals surface area (Å²) < 4.78 is 14.5. The van der Waals surface area contributed by atoms with E-state index in [1.807, 2.05) is 56.3 Å². The molecule has 178 valence electrons. The van der Waals surface area contributed by atoms with E-state index in [2.05, 4.69) is 17.4 Å². The Morgan fingerprint density at radius 3 is 2.29 bits per heavy atom. The van der Waals surface area contributed by atoms with Crippen LogP contribution >= 0.6 is 11.8 Å². The third-order valence-electron chi connectivity index (χ3n) is 5.54. The normalized spacial score (nSPS) is 11.6. The highest BCUT2D eigenvalue weighted by Crippen LogP contribution is 2.20. The third kappa shape index (κ3) is 7.45. The van der Waals surface area contributed by atoms with Gasteiger partial charge in [-0.1, -0.05) is 78.4 Å². The summed E-state index contributed by atoms with van der Waals surface area (Å²) in [5.41, 5.74) is 3.65. The zero-order chi connectivity index (χ0) is 24.3. The summed E-state index contributed by atoms with van der Waals surface area (Å²) in [6.45, 7) is 4.37. The van der Waals surface area contributed by atoms with Gasteiger partial charge in [-0.05, 0) is 31.0 Å². The lowest BCUT2D eigenvalue weighted by Crippen LogP contribution is -2.51. The fourth-order valence-electron chi connectivity index (χ4n) is 3.68. The fraction of sp³-hybridized carbons (Fsp3) is 0.286. The molecule has 0 fully saturated rings. The van der Waals surface area contributed by atoms with Gasteiger partial charge in [0.2, 0.25) is 11.8 Å². The van der Waals surface area contributed by atoms with Crippen molar-refractivity contribution in [3.05, 3.63) is 107 Å². The van der Waals surface area contributed by atoms with Gasteiger partial charge in [0.15, 0.2) is 0 Å². The molecule has 3 rings (SSSR count). The quantitative estimate of drug-likeness (QED) is 0.415. The summed E-state index contributed by atoms with van der Waals surface area (Å²) in [5.74, 6) is 0.0750. The molecule has 2 amide bonds. The minimum atomic E-state index is -0.741. The summed E-state index contributed by atoms with van der Waals surface area (Å²) in [6.07, 6.45) is 0.357. The molecule has 3 aromatic carbocycles. The number of thioether (sulfide) groups is 1. The van der Waals surface area contributed by atoms with Gasteiger partial charge in [-0.2, -0.15) is 0 Å². The number of aryl methyl sites for hydroxylation is 1. The number of carbonyl (C=O) groups excluding carboxylic acids is 2. The van der Waals surface area contributed by atoms with E-state index in [1.54, 1.807) is 18.2 Å². The molecular formula is C28H31FN2O2S. The second kappa shape index (κ2) is 12.9. The summed E-state index contributed by atoms with van der Waals surface area (Å²) in [6, 6.07) is 23.5. The van der Waals surface area contributed by atoms with Gasteiger partial charge in [-0.25, -0.2) is 4.39 Å². The highest BCUT2D eigenvalue weighted by Gasteiger charge is 2.30. The number of carbonyl (C=O) groups is 2. The molecule has 3 aromatic rings. The predicted octanol–water partition coefficient (Wildman–Crippen LogP) is 5.14. The Bertz CT molecular complexity index is 1070. The predicted molar refractivity (Wildman–Crippen MR) is 137 cm³/mol. The lowest BCUT2D eigenvalue weighted by atomic mass is 10.0. The summed E-state index contributed by atoms with van der Waals surface area (Å²) in [7, 11) is 0. The number of halogens is 1. The highest BCUT2D eigenvalue weighted by molar-refractivity contribution is 7.99. The Balaban J connectivity index is 1.82. The van der Waals surface area contributed by atoms with Crippen LogP contribution in [0.5, 0.6) is 0 Å². The van der Waals surface area contributed by atoms with Crippen molar-refractivity contribution in [2.75, 3.05) is 12.3 Å². The zero-order valence-electron chi connectivity index (χ0n) is 19.7. The van der Waals surface area contributed by atoms with Crippen LogP contribution < -0.4 is 5.32 Å². The van der Waals surface area contributed by atoms with Gasteiger partial charge >= 0.3 is 0 Å². The van der Waals surface area contributed by atoms with Crippen LogP contribution in [-0.4, -0.2) is 35.1 Å². The van der Waals surface area contributed by atoms with Gasteiger partial charge in [0.25, 0.3) is 0 Å². The molecule has 4 nitrogen and oxygen atoms in total. The first-order chi connectivity index (χ1) is 16.5. The molecule has 0 aliphatic carbocycles. The van der Waals surface area contributed by atoms with Gasteiger partial charge in [0.05, 0.1) is 5.75 Å². The lowest BCUT2D eigenvalue weighted by Gasteiger charge is -2.31. The van der Waals surface area contributed by atoms with Gasteiger partial charge < -0.3 is 10.2 Å². The second-order valence-electron chi connectivity index (χ2n) is 8.19. The van der Waals surface area contributed by atoms with Gasteiger partial charge in [0, 0.05) is 30.8 Å². The molecule has 0 heterocycles. The SMILES string of the molecule is CCNC(=O)[C@@H](Cc1ccccc1)N(Cc1ccccc1F)C(=O)CSCc1ccc(C)cc1. The molecule has 0 saturated heterocycles. The van der Waals surface area contributed by atoms with E-state index in [9.17, 15) is 14.0 Å². The highest BCUT2D eigenvalue weighted by atomic mass is 32.2. The Labute approximate surface area is 205 Å². The van der Waals surface area contributed by atoms with E-state index in [4.69, 9.17) is 0 Å². The minimum absolute atomic E-state index is 0.0330. The van der Waals surface area contributed by atoms with Crippen molar-refractivity contribution < 1.29 is 14.0 Å². The number of nitrogens with one attached hydrogen (secondary N) is 1. The number of amides is 2. The fourth-order valence-corrected chi connectivity index (χ4v) is 4.55. The van der Waals surface area contributed by atoms with Crippen LogP contribution in [0.3, 0.4) is 0 Å². The van der Waals surface area contributed by atoms with E-state index >= 15 is 0 Å². The first-order valence-corrected chi connectivity index (χ1v) is 12.6. The van der Waals surface area contributed by atoms with E-state index < -0.39 is 6.04 Å². The number of hydrogen-bond acceptors (Lipinski definition) is 3. The van der Waals surface area contributed by atoms with Crippen molar-refractivity contribution >= 4 is 23.6 Å².